The fourth-order valence-corrected chi connectivity index (χ4v) is 3.85. The molecule has 1 fully saturated rings. The van der Waals surface area contributed by atoms with Crippen LogP contribution in [0.5, 0.6) is 5.75 Å². The summed E-state index contributed by atoms with van der Waals surface area (Å²) in [5.41, 5.74) is 1.28. The van der Waals surface area contributed by atoms with Gasteiger partial charge in [0.1, 0.15) is 11.3 Å². The smallest absolute Gasteiger partial charge is 0.287 e. The molecular formula is C23H24N2O4. The molecule has 1 aliphatic rings. The fourth-order valence-electron chi connectivity index (χ4n) is 3.85. The summed E-state index contributed by atoms with van der Waals surface area (Å²) >= 11 is 0. The van der Waals surface area contributed by atoms with E-state index in [1.165, 1.54) is 6.07 Å². The van der Waals surface area contributed by atoms with Crippen LogP contribution in [0.15, 0.2) is 63.8 Å². The second-order valence-electron chi connectivity index (χ2n) is 7.22. The van der Waals surface area contributed by atoms with Crippen molar-refractivity contribution in [1.29, 1.82) is 0 Å². The molecule has 150 valence electrons. The molecule has 0 aliphatic carbocycles. The van der Waals surface area contributed by atoms with Gasteiger partial charge in [0.25, 0.3) is 5.91 Å². The minimum Gasteiger partial charge on any atom is -0.497 e. The van der Waals surface area contributed by atoms with Crippen LogP contribution < -0.4 is 15.5 Å². The number of ether oxygens (including phenoxy) is 1. The lowest BCUT2D eigenvalue weighted by Crippen LogP contribution is -2.37. The van der Waals surface area contributed by atoms with Crippen LogP contribution in [0.4, 0.5) is 0 Å². The number of carbonyl (C=O) groups is 1. The first kappa shape index (κ1) is 19.2. The molecule has 6 heteroatoms. The number of nitrogens with one attached hydrogen (secondary N) is 1. The van der Waals surface area contributed by atoms with Crippen molar-refractivity contribution in [3.63, 3.8) is 0 Å². The van der Waals surface area contributed by atoms with Gasteiger partial charge in [-0.05, 0) is 55.8 Å². The van der Waals surface area contributed by atoms with Crippen LogP contribution in [0, 0.1) is 0 Å². The van der Waals surface area contributed by atoms with E-state index in [0.29, 0.717) is 17.5 Å². The number of amides is 1. The first-order valence-corrected chi connectivity index (χ1v) is 9.85. The van der Waals surface area contributed by atoms with E-state index in [9.17, 15) is 9.59 Å². The van der Waals surface area contributed by atoms with E-state index in [1.807, 2.05) is 24.3 Å². The van der Waals surface area contributed by atoms with Crippen molar-refractivity contribution in [1.82, 2.24) is 10.2 Å². The van der Waals surface area contributed by atoms with Crippen molar-refractivity contribution in [3.05, 3.63) is 76.1 Å². The Morgan fingerprint density at radius 2 is 1.93 bits per heavy atom. The Labute approximate surface area is 169 Å². The topological polar surface area (TPSA) is 71.8 Å². The molecule has 3 aromatic rings. The van der Waals surface area contributed by atoms with E-state index in [4.69, 9.17) is 9.15 Å². The zero-order valence-electron chi connectivity index (χ0n) is 16.4. The number of rotatable bonds is 6. The van der Waals surface area contributed by atoms with Crippen molar-refractivity contribution in [2.75, 3.05) is 26.7 Å². The number of hydrogen-bond acceptors (Lipinski definition) is 5. The number of likely N-dealkylation sites (tertiary alicyclic amines) is 1. The zero-order chi connectivity index (χ0) is 20.2. The van der Waals surface area contributed by atoms with Gasteiger partial charge in [-0.1, -0.05) is 24.3 Å². The predicted octanol–water partition coefficient (Wildman–Crippen LogP) is 3.37. The molecule has 0 saturated carbocycles. The number of nitrogens with zero attached hydrogens (tertiary/aromatic N) is 1. The third-order valence-electron chi connectivity index (χ3n) is 5.37. The van der Waals surface area contributed by atoms with Gasteiger partial charge in [-0.2, -0.15) is 0 Å². The Bertz CT molecular complexity index is 1070. The van der Waals surface area contributed by atoms with Crippen molar-refractivity contribution >= 4 is 16.9 Å². The molecule has 1 unspecified atom stereocenters. The van der Waals surface area contributed by atoms with E-state index in [0.717, 1.165) is 37.2 Å². The van der Waals surface area contributed by atoms with Crippen molar-refractivity contribution < 1.29 is 13.9 Å². The van der Waals surface area contributed by atoms with Gasteiger partial charge in [0.2, 0.25) is 0 Å². The van der Waals surface area contributed by atoms with Gasteiger partial charge in [-0.15, -0.1) is 0 Å². The van der Waals surface area contributed by atoms with Crippen LogP contribution >= 0.6 is 0 Å². The number of benzene rings is 2. The maximum Gasteiger partial charge on any atom is 0.287 e. The van der Waals surface area contributed by atoms with Gasteiger partial charge in [0, 0.05) is 12.6 Å². The van der Waals surface area contributed by atoms with Gasteiger partial charge in [-0.25, -0.2) is 0 Å². The molecule has 1 amide bonds. The first-order valence-electron chi connectivity index (χ1n) is 9.85. The third kappa shape index (κ3) is 4.17. The molecule has 0 spiro atoms. The molecule has 1 saturated heterocycles. The highest BCUT2D eigenvalue weighted by molar-refractivity contribution is 5.93. The lowest BCUT2D eigenvalue weighted by Gasteiger charge is -2.28. The second-order valence-corrected chi connectivity index (χ2v) is 7.22. The summed E-state index contributed by atoms with van der Waals surface area (Å²) in [5, 5.41) is 3.42. The van der Waals surface area contributed by atoms with Crippen LogP contribution in [0.25, 0.3) is 11.0 Å². The SMILES string of the molecule is COc1cccc(C(CNC(=O)c2cc(=O)c3ccccc3o2)N2CCCC2)c1. The fraction of sp³-hybridized carbons (Fsp3) is 0.304. The van der Waals surface area contributed by atoms with E-state index in [2.05, 4.69) is 10.2 Å². The van der Waals surface area contributed by atoms with E-state index >= 15 is 0 Å². The Hall–Kier alpha value is -3.12. The molecule has 1 atom stereocenters. The molecule has 1 N–H and O–H groups in total. The summed E-state index contributed by atoms with van der Waals surface area (Å²) in [6.07, 6.45) is 2.29. The highest BCUT2D eigenvalue weighted by Crippen LogP contribution is 2.27. The summed E-state index contributed by atoms with van der Waals surface area (Å²) in [6.45, 7) is 2.40. The van der Waals surface area contributed by atoms with Crippen LogP contribution in [-0.2, 0) is 0 Å². The minimum atomic E-state index is -0.389. The Morgan fingerprint density at radius 3 is 2.72 bits per heavy atom. The van der Waals surface area contributed by atoms with Crippen LogP contribution in [0.1, 0.15) is 35.0 Å². The van der Waals surface area contributed by atoms with Gasteiger partial charge >= 0.3 is 0 Å². The average Bonchev–Trinajstić information content (AvgIpc) is 3.28. The van der Waals surface area contributed by atoms with Gasteiger partial charge < -0.3 is 14.5 Å². The highest BCUT2D eigenvalue weighted by Gasteiger charge is 2.25. The molecule has 29 heavy (non-hydrogen) atoms. The van der Waals surface area contributed by atoms with Crippen molar-refractivity contribution in [3.8, 4) is 5.75 Å². The molecule has 2 heterocycles. The molecule has 4 rings (SSSR count). The summed E-state index contributed by atoms with van der Waals surface area (Å²) in [4.78, 5) is 27.4. The highest BCUT2D eigenvalue weighted by atomic mass is 16.5. The Morgan fingerprint density at radius 1 is 1.14 bits per heavy atom. The second kappa shape index (κ2) is 8.49. The lowest BCUT2D eigenvalue weighted by molar-refractivity contribution is 0.0910. The Kier molecular flexibility index (Phi) is 5.62. The van der Waals surface area contributed by atoms with Crippen LogP contribution in [0.3, 0.4) is 0 Å². The van der Waals surface area contributed by atoms with Crippen LogP contribution in [0.2, 0.25) is 0 Å². The van der Waals surface area contributed by atoms with E-state index < -0.39 is 0 Å². The molecule has 1 aliphatic heterocycles. The van der Waals surface area contributed by atoms with Crippen LogP contribution in [-0.4, -0.2) is 37.6 Å². The summed E-state index contributed by atoms with van der Waals surface area (Å²) in [6, 6.07) is 16.1. The van der Waals surface area contributed by atoms with Gasteiger partial charge in [-0.3, -0.25) is 14.5 Å². The largest absolute Gasteiger partial charge is 0.497 e. The van der Waals surface area contributed by atoms with Gasteiger partial charge in [0.15, 0.2) is 11.2 Å². The number of para-hydroxylation sites is 1. The quantitative estimate of drug-likeness (QED) is 0.696. The van der Waals surface area contributed by atoms with Crippen molar-refractivity contribution in [2.24, 2.45) is 0 Å². The minimum absolute atomic E-state index is 0.0273. The number of fused-ring (bicyclic) bond motifs is 1. The molecular weight excluding hydrogens is 368 g/mol. The van der Waals surface area contributed by atoms with E-state index in [-0.39, 0.29) is 23.1 Å². The number of hydrogen-bond donors (Lipinski definition) is 1. The number of methoxy groups -OCH3 is 1. The normalized spacial score (nSPS) is 15.3. The third-order valence-corrected chi connectivity index (χ3v) is 5.37. The van der Waals surface area contributed by atoms with E-state index in [1.54, 1.807) is 31.4 Å². The monoisotopic (exact) mass is 392 g/mol. The molecule has 6 nitrogen and oxygen atoms in total. The van der Waals surface area contributed by atoms with Gasteiger partial charge in [0.05, 0.1) is 18.5 Å². The maximum absolute atomic E-state index is 12.7. The maximum atomic E-state index is 12.7. The molecule has 2 aromatic carbocycles. The summed E-state index contributed by atoms with van der Waals surface area (Å²) < 4.78 is 11.0. The average molecular weight is 392 g/mol. The summed E-state index contributed by atoms with van der Waals surface area (Å²) in [5.74, 6) is 0.429. The number of carbonyl (C=O) groups excluding carboxylic acids is 1. The molecule has 0 radical (unpaired) electrons. The predicted molar refractivity (Wildman–Crippen MR) is 111 cm³/mol. The summed E-state index contributed by atoms with van der Waals surface area (Å²) in [7, 11) is 1.65. The standard InChI is InChI=1S/C23H24N2O4/c1-28-17-8-6-7-16(13-17)19(25-11-4-5-12-25)15-24-23(27)22-14-20(26)18-9-2-3-10-21(18)29-22/h2-3,6-10,13-14,19H,4-5,11-12,15H2,1H3,(H,24,27). The Balaban J connectivity index is 1.55. The lowest BCUT2D eigenvalue weighted by atomic mass is 10.0. The molecule has 0 bridgehead atoms. The zero-order valence-corrected chi connectivity index (χ0v) is 16.4. The molecule has 1 aromatic heterocycles. The van der Waals surface area contributed by atoms with Crippen molar-refractivity contribution in [2.45, 2.75) is 18.9 Å². The first-order chi connectivity index (χ1) is 14.2.